The largest absolute Gasteiger partial charge is 0.327 e. The maximum absolute atomic E-state index is 11.0. The van der Waals surface area contributed by atoms with Crippen LogP contribution in [-0.2, 0) is 6.42 Å². The number of halogens is 1. The zero-order chi connectivity index (χ0) is 13.1. The van der Waals surface area contributed by atoms with Crippen molar-refractivity contribution in [3.05, 3.63) is 38.9 Å². The van der Waals surface area contributed by atoms with Crippen molar-refractivity contribution in [2.75, 3.05) is 0 Å². The smallest absolute Gasteiger partial charge is 0.274 e. The number of nitrogens with zero attached hydrogens (tertiary/aromatic N) is 1. The van der Waals surface area contributed by atoms with E-state index in [9.17, 15) is 10.1 Å². The molecule has 98 valence electrons. The predicted octanol–water partition coefficient (Wildman–Crippen LogP) is 3.31. The Morgan fingerprint density at radius 1 is 1.44 bits per heavy atom. The number of nitrogens with two attached hydrogens (primary N) is 1. The van der Waals surface area contributed by atoms with Gasteiger partial charge < -0.3 is 5.73 Å². The summed E-state index contributed by atoms with van der Waals surface area (Å²) in [4.78, 5) is 10.6. The van der Waals surface area contributed by atoms with Crippen LogP contribution < -0.4 is 5.73 Å². The molecule has 1 aromatic carbocycles. The van der Waals surface area contributed by atoms with Gasteiger partial charge in [0.2, 0.25) is 0 Å². The molecule has 18 heavy (non-hydrogen) atoms. The van der Waals surface area contributed by atoms with Crippen LogP contribution in [0.1, 0.15) is 31.2 Å². The topological polar surface area (TPSA) is 69.2 Å². The van der Waals surface area contributed by atoms with Gasteiger partial charge in [0.1, 0.15) is 0 Å². The fourth-order valence-corrected chi connectivity index (χ4v) is 2.85. The predicted molar refractivity (Wildman–Crippen MR) is 71.7 cm³/mol. The highest BCUT2D eigenvalue weighted by molar-refractivity contribution is 6.30. The number of hydrogen-bond donors (Lipinski definition) is 1. The van der Waals surface area contributed by atoms with Crippen LogP contribution in [0.3, 0.4) is 0 Å². The molecule has 1 aromatic rings. The average Bonchev–Trinajstić information content (AvgIpc) is 2.84. The maximum Gasteiger partial charge on any atom is 0.274 e. The Bertz CT molecular complexity index is 445. The van der Waals surface area contributed by atoms with Crippen molar-refractivity contribution in [1.82, 2.24) is 0 Å². The van der Waals surface area contributed by atoms with Crippen LogP contribution in [-0.4, -0.2) is 11.0 Å². The summed E-state index contributed by atoms with van der Waals surface area (Å²) in [5.41, 5.74) is 6.93. The van der Waals surface area contributed by atoms with Gasteiger partial charge in [-0.15, -0.1) is 0 Å². The van der Waals surface area contributed by atoms with E-state index < -0.39 is 0 Å². The molecule has 0 amide bonds. The van der Waals surface area contributed by atoms with Crippen molar-refractivity contribution in [2.24, 2.45) is 11.7 Å². The lowest BCUT2D eigenvalue weighted by molar-refractivity contribution is -0.385. The molecule has 0 bridgehead atoms. The molecular formula is C13H17ClN2O2. The summed E-state index contributed by atoms with van der Waals surface area (Å²) in [6.45, 7) is 0. The molecule has 0 heterocycles. The van der Waals surface area contributed by atoms with Crippen LogP contribution in [0.5, 0.6) is 0 Å². The van der Waals surface area contributed by atoms with Gasteiger partial charge in [-0.05, 0) is 31.2 Å². The van der Waals surface area contributed by atoms with Gasteiger partial charge in [0, 0.05) is 22.7 Å². The third-order valence-corrected chi connectivity index (χ3v) is 3.94. The van der Waals surface area contributed by atoms with Gasteiger partial charge in [-0.3, -0.25) is 10.1 Å². The zero-order valence-corrected chi connectivity index (χ0v) is 10.9. The van der Waals surface area contributed by atoms with E-state index in [1.807, 2.05) is 0 Å². The van der Waals surface area contributed by atoms with E-state index in [1.54, 1.807) is 12.1 Å². The Kier molecular flexibility index (Phi) is 4.19. The SMILES string of the molecule is NC(Cc1ccc(Cl)cc1[N+](=O)[O-])C1CCCC1. The lowest BCUT2D eigenvalue weighted by Gasteiger charge is -2.18. The molecule has 0 spiro atoms. The monoisotopic (exact) mass is 268 g/mol. The second-order valence-corrected chi connectivity index (χ2v) is 5.38. The van der Waals surface area contributed by atoms with E-state index in [0.717, 1.165) is 12.8 Å². The molecule has 1 aliphatic rings. The lowest BCUT2D eigenvalue weighted by Crippen LogP contribution is -2.30. The van der Waals surface area contributed by atoms with Crippen molar-refractivity contribution < 1.29 is 4.92 Å². The van der Waals surface area contributed by atoms with E-state index in [2.05, 4.69) is 0 Å². The van der Waals surface area contributed by atoms with Gasteiger partial charge in [-0.2, -0.15) is 0 Å². The summed E-state index contributed by atoms with van der Waals surface area (Å²) < 4.78 is 0. The minimum Gasteiger partial charge on any atom is -0.327 e. The van der Waals surface area contributed by atoms with Crippen molar-refractivity contribution in [3.63, 3.8) is 0 Å². The van der Waals surface area contributed by atoms with Gasteiger partial charge in [0.15, 0.2) is 0 Å². The number of rotatable bonds is 4. The highest BCUT2D eigenvalue weighted by Crippen LogP contribution is 2.30. The summed E-state index contributed by atoms with van der Waals surface area (Å²) in [5, 5.41) is 11.4. The second kappa shape index (κ2) is 5.67. The van der Waals surface area contributed by atoms with Gasteiger partial charge in [0.25, 0.3) is 5.69 Å². The summed E-state index contributed by atoms with van der Waals surface area (Å²) in [6, 6.07) is 4.81. The fraction of sp³-hybridized carbons (Fsp3) is 0.538. The molecule has 0 aromatic heterocycles. The van der Waals surface area contributed by atoms with E-state index in [1.165, 1.54) is 18.9 Å². The van der Waals surface area contributed by atoms with Crippen LogP contribution in [0.4, 0.5) is 5.69 Å². The summed E-state index contributed by atoms with van der Waals surface area (Å²) in [5.74, 6) is 0.500. The molecule has 1 fully saturated rings. The molecule has 1 unspecified atom stereocenters. The highest BCUT2D eigenvalue weighted by atomic mass is 35.5. The van der Waals surface area contributed by atoms with Crippen molar-refractivity contribution in [1.29, 1.82) is 0 Å². The zero-order valence-electron chi connectivity index (χ0n) is 10.1. The molecule has 4 nitrogen and oxygen atoms in total. The number of nitro benzene ring substituents is 1. The Morgan fingerprint density at radius 2 is 2.11 bits per heavy atom. The van der Waals surface area contributed by atoms with Crippen molar-refractivity contribution >= 4 is 17.3 Å². The Balaban J connectivity index is 2.15. The number of hydrogen-bond acceptors (Lipinski definition) is 3. The van der Waals surface area contributed by atoms with Gasteiger partial charge in [0.05, 0.1) is 4.92 Å². The maximum atomic E-state index is 11.0. The molecular weight excluding hydrogens is 252 g/mol. The summed E-state index contributed by atoms with van der Waals surface area (Å²) in [7, 11) is 0. The fourth-order valence-electron chi connectivity index (χ4n) is 2.69. The number of nitro groups is 1. The summed E-state index contributed by atoms with van der Waals surface area (Å²) in [6.07, 6.45) is 5.28. The van der Waals surface area contributed by atoms with Crippen molar-refractivity contribution in [3.8, 4) is 0 Å². The molecule has 0 saturated heterocycles. The molecule has 1 saturated carbocycles. The van der Waals surface area contributed by atoms with Crippen LogP contribution in [0.2, 0.25) is 5.02 Å². The average molecular weight is 269 g/mol. The first-order valence-corrected chi connectivity index (χ1v) is 6.64. The minimum absolute atomic E-state index is 0.00683. The Hall–Kier alpha value is -1.13. The summed E-state index contributed by atoms with van der Waals surface area (Å²) >= 11 is 5.79. The molecule has 1 aliphatic carbocycles. The third-order valence-electron chi connectivity index (χ3n) is 3.70. The van der Waals surface area contributed by atoms with Gasteiger partial charge >= 0.3 is 0 Å². The molecule has 2 rings (SSSR count). The van der Waals surface area contributed by atoms with E-state index >= 15 is 0 Å². The Labute approximate surface area is 111 Å². The molecule has 0 aliphatic heterocycles. The first-order valence-electron chi connectivity index (χ1n) is 6.26. The van der Waals surface area contributed by atoms with Crippen molar-refractivity contribution in [2.45, 2.75) is 38.1 Å². The van der Waals surface area contributed by atoms with Gasteiger partial charge in [-0.1, -0.05) is 30.5 Å². The van der Waals surface area contributed by atoms with E-state index in [-0.39, 0.29) is 16.7 Å². The quantitative estimate of drug-likeness (QED) is 0.673. The highest BCUT2D eigenvalue weighted by Gasteiger charge is 2.24. The molecule has 0 radical (unpaired) electrons. The van der Waals surface area contributed by atoms with Crippen LogP contribution in [0.25, 0.3) is 0 Å². The van der Waals surface area contributed by atoms with E-state index in [4.69, 9.17) is 17.3 Å². The van der Waals surface area contributed by atoms with Crippen LogP contribution in [0, 0.1) is 16.0 Å². The normalized spacial score (nSPS) is 17.9. The third kappa shape index (κ3) is 3.00. The first kappa shape index (κ1) is 13.3. The lowest BCUT2D eigenvalue weighted by atomic mass is 9.92. The van der Waals surface area contributed by atoms with Gasteiger partial charge in [-0.25, -0.2) is 0 Å². The minimum atomic E-state index is -0.386. The first-order chi connectivity index (χ1) is 8.58. The standard InChI is InChI=1S/C13H17ClN2O2/c14-11-6-5-10(13(8-11)16(17)18)7-12(15)9-3-1-2-4-9/h5-6,8-9,12H,1-4,7,15H2. The second-order valence-electron chi connectivity index (χ2n) is 4.94. The Morgan fingerprint density at radius 3 is 2.72 bits per heavy atom. The molecule has 1 atom stereocenters. The van der Waals surface area contributed by atoms with Crippen LogP contribution in [0.15, 0.2) is 18.2 Å². The number of benzene rings is 1. The van der Waals surface area contributed by atoms with E-state index in [0.29, 0.717) is 22.9 Å². The molecule has 5 heteroatoms. The van der Waals surface area contributed by atoms with Crippen LogP contribution >= 0.6 is 11.6 Å². The molecule has 2 N–H and O–H groups in total.